The first-order chi connectivity index (χ1) is 13.6. The minimum atomic E-state index is -0.353. The number of hydrogen-bond donors (Lipinski definition) is 3. The zero-order chi connectivity index (χ0) is 19.7. The Bertz CT molecular complexity index is 1270. The molecule has 0 aliphatic rings. The van der Waals surface area contributed by atoms with E-state index >= 15 is 0 Å². The Kier molecular flexibility index (Phi) is 4.33. The molecular formula is C21H16FN5O. The number of fused-ring (bicyclic) bond motifs is 1. The van der Waals surface area contributed by atoms with Crippen molar-refractivity contribution in [3.05, 3.63) is 94.3 Å². The molecule has 28 heavy (non-hydrogen) atoms. The van der Waals surface area contributed by atoms with E-state index in [4.69, 9.17) is 11.1 Å². The number of nitrogens with one attached hydrogen (secondary N) is 2. The van der Waals surface area contributed by atoms with Crippen LogP contribution < -0.4 is 11.3 Å². The zero-order valence-corrected chi connectivity index (χ0v) is 14.7. The van der Waals surface area contributed by atoms with Crippen LogP contribution in [0, 0.1) is 11.2 Å². The highest BCUT2D eigenvalue weighted by Crippen LogP contribution is 2.24. The summed E-state index contributed by atoms with van der Waals surface area (Å²) in [5.74, 6) is -0.353. The van der Waals surface area contributed by atoms with Crippen LogP contribution in [0.1, 0.15) is 11.1 Å². The van der Waals surface area contributed by atoms with Gasteiger partial charge >= 0.3 is 0 Å². The molecule has 4 aromatic rings. The van der Waals surface area contributed by atoms with Crippen LogP contribution in [0.5, 0.6) is 0 Å². The van der Waals surface area contributed by atoms with E-state index < -0.39 is 0 Å². The number of imidazole rings is 1. The molecule has 0 fully saturated rings. The number of hydrogen-bond acceptors (Lipinski definition) is 4. The molecule has 0 unspecified atom stereocenters. The Morgan fingerprint density at radius 2 is 1.86 bits per heavy atom. The minimum Gasteiger partial charge on any atom is -0.398 e. The molecule has 6 nitrogen and oxygen atoms in total. The van der Waals surface area contributed by atoms with Crippen molar-refractivity contribution < 1.29 is 4.39 Å². The summed E-state index contributed by atoms with van der Waals surface area (Å²) < 4.78 is 15.0. The number of nitrogens with zero attached hydrogens (tertiary/aromatic N) is 2. The zero-order valence-electron chi connectivity index (χ0n) is 14.7. The summed E-state index contributed by atoms with van der Waals surface area (Å²) in [5, 5.41) is 7.83. The van der Waals surface area contributed by atoms with Crippen molar-refractivity contribution in [1.82, 2.24) is 14.4 Å². The molecule has 7 heteroatoms. The monoisotopic (exact) mass is 373 g/mol. The normalized spacial score (nSPS) is 12.0. The van der Waals surface area contributed by atoms with Gasteiger partial charge in [0.2, 0.25) is 5.56 Å². The molecule has 3 heterocycles. The van der Waals surface area contributed by atoms with Crippen molar-refractivity contribution in [3.63, 3.8) is 0 Å². The molecule has 0 aliphatic carbocycles. The van der Waals surface area contributed by atoms with E-state index in [0.717, 1.165) is 0 Å². The van der Waals surface area contributed by atoms with E-state index in [1.807, 2.05) is 10.5 Å². The largest absolute Gasteiger partial charge is 0.398 e. The quantitative estimate of drug-likeness (QED) is 0.479. The number of H-pyrrole nitrogens is 1. The number of halogens is 1. The van der Waals surface area contributed by atoms with Crippen LogP contribution in [0.3, 0.4) is 0 Å². The lowest BCUT2D eigenvalue weighted by atomic mass is 10.0. The van der Waals surface area contributed by atoms with Gasteiger partial charge in [-0.1, -0.05) is 6.07 Å². The Morgan fingerprint density at radius 1 is 1.11 bits per heavy atom. The van der Waals surface area contributed by atoms with Gasteiger partial charge in [0.25, 0.3) is 0 Å². The summed E-state index contributed by atoms with van der Waals surface area (Å²) in [6, 6.07) is 14.3. The van der Waals surface area contributed by atoms with Gasteiger partial charge in [0.05, 0.1) is 17.6 Å². The molecule has 0 radical (unpaired) electrons. The maximum Gasteiger partial charge on any atom is 0.248 e. The van der Waals surface area contributed by atoms with Gasteiger partial charge in [-0.15, -0.1) is 0 Å². The summed E-state index contributed by atoms with van der Waals surface area (Å²) >= 11 is 0. The summed E-state index contributed by atoms with van der Waals surface area (Å²) in [5.41, 5.74) is 10.3. The first-order valence-corrected chi connectivity index (χ1v) is 8.50. The van der Waals surface area contributed by atoms with Gasteiger partial charge < -0.3 is 16.1 Å². The highest BCUT2D eigenvalue weighted by Gasteiger charge is 2.11. The van der Waals surface area contributed by atoms with Gasteiger partial charge in [0.15, 0.2) is 0 Å². The summed E-state index contributed by atoms with van der Waals surface area (Å²) in [4.78, 5) is 18.8. The van der Waals surface area contributed by atoms with Crippen LogP contribution in [-0.4, -0.2) is 20.6 Å². The highest BCUT2D eigenvalue weighted by molar-refractivity contribution is 6.17. The van der Waals surface area contributed by atoms with Crippen molar-refractivity contribution in [2.45, 2.75) is 0 Å². The van der Waals surface area contributed by atoms with E-state index in [1.54, 1.807) is 42.7 Å². The van der Waals surface area contributed by atoms with Crippen LogP contribution in [0.25, 0.3) is 28.3 Å². The second-order valence-corrected chi connectivity index (χ2v) is 6.20. The van der Waals surface area contributed by atoms with Crippen molar-refractivity contribution in [1.29, 1.82) is 5.41 Å². The predicted octanol–water partition coefficient (Wildman–Crippen LogP) is 3.31. The average molecular weight is 373 g/mol. The maximum atomic E-state index is 13.2. The highest BCUT2D eigenvalue weighted by atomic mass is 19.1. The second-order valence-electron chi connectivity index (χ2n) is 6.20. The molecule has 0 aliphatic heterocycles. The topological polar surface area (TPSA) is 100 Å². The van der Waals surface area contributed by atoms with Gasteiger partial charge in [0.1, 0.15) is 11.5 Å². The molecule has 4 N–H and O–H groups in total. The first kappa shape index (κ1) is 17.4. The molecule has 138 valence electrons. The molecular weight excluding hydrogens is 357 g/mol. The number of aromatic nitrogens is 3. The summed E-state index contributed by atoms with van der Waals surface area (Å²) in [6.07, 6.45) is 4.64. The lowest BCUT2D eigenvalue weighted by Crippen LogP contribution is -2.05. The number of pyridine rings is 2. The predicted molar refractivity (Wildman–Crippen MR) is 107 cm³/mol. The first-order valence-electron chi connectivity index (χ1n) is 8.50. The van der Waals surface area contributed by atoms with E-state index in [-0.39, 0.29) is 11.4 Å². The molecule has 0 saturated heterocycles. The van der Waals surface area contributed by atoms with E-state index in [9.17, 15) is 9.18 Å². The molecule has 0 atom stereocenters. The van der Waals surface area contributed by atoms with E-state index in [1.165, 1.54) is 24.4 Å². The molecule has 0 bridgehead atoms. The molecule has 0 saturated carbocycles. The van der Waals surface area contributed by atoms with Crippen LogP contribution in [0.2, 0.25) is 0 Å². The smallest absolute Gasteiger partial charge is 0.248 e. The lowest BCUT2D eigenvalue weighted by Gasteiger charge is -2.10. The van der Waals surface area contributed by atoms with Crippen molar-refractivity contribution in [2.24, 2.45) is 5.73 Å². The van der Waals surface area contributed by atoms with Crippen LogP contribution >= 0.6 is 0 Å². The Balaban J connectivity index is 1.87. The summed E-state index contributed by atoms with van der Waals surface area (Å²) in [7, 11) is 0. The van der Waals surface area contributed by atoms with Crippen molar-refractivity contribution in [3.8, 4) is 11.4 Å². The van der Waals surface area contributed by atoms with E-state index in [2.05, 4.69) is 9.97 Å². The van der Waals surface area contributed by atoms with Crippen LogP contribution in [0.15, 0.2) is 71.8 Å². The van der Waals surface area contributed by atoms with Gasteiger partial charge in [-0.05, 0) is 48.0 Å². The average Bonchev–Trinajstić information content (AvgIpc) is 3.12. The fourth-order valence-corrected chi connectivity index (χ4v) is 3.04. The van der Waals surface area contributed by atoms with Gasteiger partial charge in [-0.2, -0.15) is 0 Å². The van der Waals surface area contributed by atoms with Gasteiger partial charge in [0, 0.05) is 35.3 Å². The SMILES string of the molecule is N=CC(=C(N)c1ccc(F)cc1)c1ccc2ncc(-c3cccc(=O)[nH]3)n2c1. The lowest BCUT2D eigenvalue weighted by molar-refractivity contribution is 0.627. The minimum absolute atomic E-state index is 0.204. The second kappa shape index (κ2) is 6.96. The Hall–Kier alpha value is -4.00. The number of rotatable bonds is 4. The fourth-order valence-electron chi connectivity index (χ4n) is 3.04. The van der Waals surface area contributed by atoms with Crippen LogP contribution in [0.4, 0.5) is 4.39 Å². The third-order valence-corrected chi connectivity index (χ3v) is 4.45. The van der Waals surface area contributed by atoms with Gasteiger partial charge in [-0.3, -0.25) is 9.20 Å². The maximum absolute atomic E-state index is 13.2. The molecule has 0 amide bonds. The molecule has 1 aromatic carbocycles. The third-order valence-electron chi connectivity index (χ3n) is 4.45. The van der Waals surface area contributed by atoms with Crippen molar-refractivity contribution in [2.75, 3.05) is 0 Å². The van der Waals surface area contributed by atoms with Gasteiger partial charge in [-0.25, -0.2) is 9.37 Å². The summed E-state index contributed by atoms with van der Waals surface area (Å²) in [6.45, 7) is 0. The number of aromatic amines is 1. The number of allylic oxidation sites excluding steroid dienone is 1. The number of nitrogens with two attached hydrogens (primary N) is 1. The fraction of sp³-hybridized carbons (Fsp3) is 0. The van der Waals surface area contributed by atoms with Crippen LogP contribution in [-0.2, 0) is 0 Å². The standard InChI is InChI=1S/C21H16FN5O/c22-15-7-4-13(5-8-15)21(24)16(10-23)14-6-9-19-25-11-18(27(19)12-14)17-2-1-3-20(28)26-17/h1-12,23H,24H2,(H,26,28). The Labute approximate surface area is 159 Å². The number of benzene rings is 1. The molecule has 3 aromatic heterocycles. The van der Waals surface area contributed by atoms with Crippen molar-refractivity contribution >= 4 is 23.1 Å². The third kappa shape index (κ3) is 3.09. The molecule has 4 rings (SSSR count). The molecule has 0 spiro atoms. The van der Waals surface area contributed by atoms with E-state index in [0.29, 0.717) is 39.4 Å². The Morgan fingerprint density at radius 3 is 2.57 bits per heavy atom.